The molecule has 2 aliphatic carbocycles. The lowest BCUT2D eigenvalue weighted by Crippen LogP contribution is -2.44. The third kappa shape index (κ3) is 6.05. The van der Waals surface area contributed by atoms with Crippen LogP contribution in [0.25, 0.3) is 11.1 Å². The van der Waals surface area contributed by atoms with Crippen LogP contribution in [-0.4, -0.2) is 7.28 Å². The van der Waals surface area contributed by atoms with E-state index < -0.39 is 10.0 Å². The maximum atomic E-state index is 4.11. The number of benzene rings is 8. The van der Waals surface area contributed by atoms with Crippen molar-refractivity contribution in [2.45, 2.75) is 123 Å². The summed E-state index contributed by atoms with van der Waals surface area (Å²) in [6.07, 6.45) is 2.36. The molecule has 8 aromatic carbocycles. The molecule has 12 rings (SSSR count). The van der Waals surface area contributed by atoms with Crippen LogP contribution in [0.2, 0.25) is 0 Å². The van der Waals surface area contributed by atoms with Crippen LogP contribution in [0.4, 0.5) is 28.4 Å². The van der Waals surface area contributed by atoms with E-state index in [9.17, 15) is 0 Å². The Hall–Kier alpha value is -6.23. The molecule has 0 amide bonds. The Morgan fingerprint density at radius 3 is 1.66 bits per heavy atom. The number of hydrogen-bond donors (Lipinski definition) is 1. The fourth-order valence-electron chi connectivity index (χ4n) is 12.8. The SMILES string of the molecule is Cc1cc(-c2cccc3c2Nc2ccccc2S3(c2ccccc2)c2ccccc2)c2c(c1)N(c1cc3c(cc1C)C(C)(C)CCC3(C)C)c1cc3c(cc1[B]2)C(C)(C)c1ccccc1C3(C)C. The van der Waals surface area contributed by atoms with Crippen LogP contribution in [0.15, 0.2) is 183 Å². The van der Waals surface area contributed by atoms with Gasteiger partial charge < -0.3 is 10.2 Å². The molecule has 0 saturated heterocycles. The summed E-state index contributed by atoms with van der Waals surface area (Å²) in [5.74, 6) is 0. The van der Waals surface area contributed by atoms with Crippen molar-refractivity contribution in [3.63, 3.8) is 0 Å². The standard InChI is InChI=1S/C64H62BN2S/c1-40-34-45(44-26-21-31-58-60(44)66-53-29-19-20-30-57(53)68(58,42-22-13-11-14-23-42)43-24-15-12-16-25-43)59-56(35-40)67(54-38-49-48(36-41(54)2)61(3,4)32-33-62(49,5)6)55-39-51-50(37-52(55)65-59)63(7,8)46-27-17-18-28-47(46)64(51,9)10/h11-31,34-39,66H,32-33H2,1-10H3. The van der Waals surface area contributed by atoms with Crippen molar-refractivity contribution in [2.75, 3.05) is 10.2 Å². The van der Waals surface area contributed by atoms with E-state index in [0.717, 1.165) is 0 Å². The first kappa shape index (κ1) is 43.1. The van der Waals surface area contributed by atoms with Gasteiger partial charge in [-0.05, 0) is 154 Å². The molecular formula is C64H62BN2S. The third-order valence-corrected chi connectivity index (χ3v) is 20.6. The molecule has 2 heterocycles. The molecule has 337 valence electrons. The Labute approximate surface area is 407 Å². The van der Waals surface area contributed by atoms with Gasteiger partial charge in [0.25, 0.3) is 0 Å². The molecular weight excluding hydrogens is 840 g/mol. The second-order valence-electron chi connectivity index (χ2n) is 22.5. The number of rotatable bonds is 4. The van der Waals surface area contributed by atoms with Crippen molar-refractivity contribution in [1.29, 1.82) is 0 Å². The van der Waals surface area contributed by atoms with E-state index >= 15 is 0 Å². The first-order chi connectivity index (χ1) is 32.5. The molecule has 4 heteroatoms. The highest BCUT2D eigenvalue weighted by atomic mass is 32.3. The molecule has 2 aliphatic heterocycles. The van der Waals surface area contributed by atoms with Gasteiger partial charge in [-0.3, -0.25) is 0 Å². The molecule has 0 aromatic heterocycles. The minimum Gasteiger partial charge on any atom is -0.353 e. The second-order valence-corrected chi connectivity index (χ2v) is 25.5. The molecule has 0 fully saturated rings. The Morgan fingerprint density at radius 1 is 0.471 bits per heavy atom. The maximum Gasteiger partial charge on any atom is 0.197 e. The largest absolute Gasteiger partial charge is 0.353 e. The van der Waals surface area contributed by atoms with E-state index in [4.69, 9.17) is 0 Å². The summed E-state index contributed by atoms with van der Waals surface area (Å²) < 4.78 is 0. The highest BCUT2D eigenvalue weighted by Gasteiger charge is 2.45. The zero-order valence-electron chi connectivity index (χ0n) is 41.4. The molecule has 68 heavy (non-hydrogen) atoms. The van der Waals surface area contributed by atoms with Crippen LogP contribution >= 0.6 is 10.0 Å². The first-order valence-electron chi connectivity index (χ1n) is 24.7. The van der Waals surface area contributed by atoms with Crippen LogP contribution in [0.5, 0.6) is 0 Å². The van der Waals surface area contributed by atoms with Gasteiger partial charge >= 0.3 is 0 Å². The van der Waals surface area contributed by atoms with E-state index in [-0.39, 0.29) is 21.7 Å². The number of aryl methyl sites for hydroxylation is 2. The van der Waals surface area contributed by atoms with E-state index in [1.54, 1.807) is 0 Å². The van der Waals surface area contributed by atoms with Crippen LogP contribution in [0, 0.1) is 13.8 Å². The zero-order valence-corrected chi connectivity index (χ0v) is 42.3. The van der Waals surface area contributed by atoms with Crippen LogP contribution in [0.3, 0.4) is 0 Å². The van der Waals surface area contributed by atoms with Crippen LogP contribution in [-0.2, 0) is 21.7 Å². The van der Waals surface area contributed by atoms with Gasteiger partial charge in [-0.2, -0.15) is 0 Å². The second kappa shape index (κ2) is 14.9. The minimum atomic E-state index is -1.92. The summed E-state index contributed by atoms with van der Waals surface area (Å²) in [5.41, 5.74) is 22.1. The lowest BCUT2D eigenvalue weighted by molar-refractivity contribution is 0.332. The van der Waals surface area contributed by atoms with Crippen molar-refractivity contribution < 1.29 is 0 Å². The monoisotopic (exact) mass is 901 g/mol. The highest BCUT2D eigenvalue weighted by molar-refractivity contribution is 8.34. The average molecular weight is 902 g/mol. The lowest BCUT2D eigenvalue weighted by Gasteiger charge is -2.47. The van der Waals surface area contributed by atoms with Crippen molar-refractivity contribution in [3.05, 3.63) is 208 Å². The van der Waals surface area contributed by atoms with Gasteiger partial charge in [-0.25, -0.2) is 0 Å². The number of nitrogens with zero attached hydrogens (tertiary/aromatic N) is 1. The number of para-hydroxylation sites is 2. The predicted octanol–water partition coefficient (Wildman–Crippen LogP) is 16.1. The fraction of sp³-hybridized carbons (Fsp3) is 0.250. The van der Waals surface area contributed by atoms with Crippen molar-refractivity contribution in [2.24, 2.45) is 0 Å². The Balaban J connectivity index is 1.15. The Bertz CT molecular complexity index is 3340. The van der Waals surface area contributed by atoms with Gasteiger partial charge in [0.15, 0.2) is 7.28 Å². The molecule has 0 saturated carbocycles. The van der Waals surface area contributed by atoms with Gasteiger partial charge in [0, 0.05) is 53.0 Å². The summed E-state index contributed by atoms with van der Waals surface area (Å²) in [4.78, 5) is 8.01. The van der Waals surface area contributed by atoms with E-state index in [0.29, 0.717) is 0 Å². The zero-order chi connectivity index (χ0) is 47.1. The summed E-state index contributed by atoms with van der Waals surface area (Å²) >= 11 is 0. The van der Waals surface area contributed by atoms with Crippen LogP contribution < -0.4 is 21.1 Å². The molecule has 2 nitrogen and oxygen atoms in total. The van der Waals surface area contributed by atoms with E-state index in [2.05, 4.69) is 251 Å². The fourth-order valence-corrected chi connectivity index (χ4v) is 16.9. The summed E-state index contributed by atoms with van der Waals surface area (Å²) in [7, 11) is 0.618. The third-order valence-electron chi connectivity index (χ3n) is 16.6. The van der Waals surface area contributed by atoms with Gasteiger partial charge in [0.1, 0.15) is 0 Å². The van der Waals surface area contributed by atoms with E-state index in [1.165, 1.54) is 127 Å². The molecule has 1 radical (unpaired) electrons. The first-order valence-corrected chi connectivity index (χ1v) is 26.3. The van der Waals surface area contributed by atoms with Crippen molar-refractivity contribution >= 4 is 56.7 Å². The highest BCUT2D eigenvalue weighted by Crippen LogP contribution is 2.78. The molecule has 1 N–H and O–H groups in total. The summed E-state index contributed by atoms with van der Waals surface area (Å²) in [5, 5.41) is 4.11. The molecule has 0 unspecified atom stereocenters. The lowest BCUT2D eigenvalue weighted by atomic mass is 9.54. The Morgan fingerprint density at radius 2 is 1.01 bits per heavy atom. The predicted molar refractivity (Wildman–Crippen MR) is 290 cm³/mol. The van der Waals surface area contributed by atoms with Gasteiger partial charge in [-0.15, -0.1) is 10.0 Å². The summed E-state index contributed by atoms with van der Waals surface area (Å²) in [6, 6.07) is 63.0. The van der Waals surface area contributed by atoms with Gasteiger partial charge in [0.2, 0.25) is 0 Å². The summed E-state index contributed by atoms with van der Waals surface area (Å²) in [6.45, 7) is 24.2. The maximum absolute atomic E-state index is 4.11. The molecule has 0 bridgehead atoms. The van der Waals surface area contributed by atoms with Crippen molar-refractivity contribution in [3.8, 4) is 11.1 Å². The minimum absolute atomic E-state index is 0.0572. The molecule has 0 spiro atoms. The molecule has 8 aromatic rings. The number of fused-ring (bicyclic) bond motifs is 7. The topological polar surface area (TPSA) is 15.3 Å². The van der Waals surface area contributed by atoms with Gasteiger partial charge in [0.05, 0.1) is 11.4 Å². The normalized spacial score (nSPS) is 18.4. The van der Waals surface area contributed by atoms with Gasteiger partial charge in [-0.1, -0.05) is 164 Å². The number of nitrogens with one attached hydrogen (secondary N) is 1. The Kier molecular flexibility index (Phi) is 9.43. The quantitative estimate of drug-likeness (QED) is 0.177. The average Bonchev–Trinajstić information content (AvgIpc) is 3.33. The molecule has 0 atom stereocenters. The smallest absolute Gasteiger partial charge is 0.197 e. The number of hydrogen-bond acceptors (Lipinski definition) is 2. The van der Waals surface area contributed by atoms with Crippen molar-refractivity contribution in [1.82, 2.24) is 0 Å². The number of anilines is 5. The van der Waals surface area contributed by atoms with E-state index in [1.807, 2.05) is 0 Å². The molecule has 4 aliphatic rings. The van der Waals surface area contributed by atoms with Crippen LogP contribution in [0.1, 0.15) is 113 Å².